The van der Waals surface area contributed by atoms with E-state index in [2.05, 4.69) is 20.6 Å². The Hall–Kier alpha value is -1.63. The zero-order chi connectivity index (χ0) is 11.3. The van der Waals surface area contributed by atoms with E-state index >= 15 is 0 Å². The van der Waals surface area contributed by atoms with E-state index in [1.165, 1.54) is 0 Å². The van der Waals surface area contributed by atoms with Crippen LogP contribution in [0.25, 0.3) is 0 Å². The van der Waals surface area contributed by atoms with Crippen molar-refractivity contribution >= 4 is 5.84 Å². The first-order chi connectivity index (χ1) is 7.17. The third kappa shape index (κ3) is 3.21. The van der Waals surface area contributed by atoms with Crippen molar-refractivity contribution in [1.29, 1.82) is 0 Å². The van der Waals surface area contributed by atoms with E-state index in [1.54, 1.807) is 6.92 Å². The maximum Gasteiger partial charge on any atom is 0.223 e. The minimum Gasteiger partial charge on any atom is -0.409 e. The van der Waals surface area contributed by atoms with E-state index < -0.39 is 0 Å². The second kappa shape index (κ2) is 5.30. The summed E-state index contributed by atoms with van der Waals surface area (Å²) in [6.45, 7) is 4.07. The topological polar surface area (TPSA) is 110 Å². The van der Waals surface area contributed by atoms with Crippen LogP contribution in [0.3, 0.4) is 0 Å². The molecular weight excluding hydrogens is 198 g/mol. The Morgan fingerprint density at radius 1 is 1.73 bits per heavy atom. The molecule has 0 spiro atoms. The highest BCUT2D eigenvalue weighted by molar-refractivity contribution is 5.85. The summed E-state index contributed by atoms with van der Waals surface area (Å²) in [5, 5.41) is 18.2. The molecule has 0 aliphatic carbocycles. The third-order valence-corrected chi connectivity index (χ3v) is 1.96. The molecule has 1 aromatic rings. The summed E-state index contributed by atoms with van der Waals surface area (Å²) in [5.41, 5.74) is 5.47. The average Bonchev–Trinajstić information content (AvgIpc) is 2.64. The molecule has 0 radical (unpaired) electrons. The molecule has 7 nitrogen and oxygen atoms in total. The maximum atomic E-state index is 8.51. The van der Waals surface area contributed by atoms with E-state index in [-0.39, 0.29) is 11.9 Å². The van der Waals surface area contributed by atoms with Crippen LogP contribution < -0.4 is 11.1 Å². The van der Waals surface area contributed by atoms with Crippen LogP contribution in [0.15, 0.2) is 9.68 Å². The predicted octanol–water partition coefficient (Wildman–Crippen LogP) is -0.00738. The number of hydrogen-bond donors (Lipinski definition) is 3. The molecule has 4 N–H and O–H groups in total. The lowest BCUT2D eigenvalue weighted by Crippen LogP contribution is -2.40. The molecule has 84 valence electrons. The molecule has 7 heteroatoms. The van der Waals surface area contributed by atoms with Crippen LogP contribution in [0, 0.1) is 6.92 Å². The first-order valence-corrected chi connectivity index (χ1v) is 4.67. The smallest absolute Gasteiger partial charge is 0.223 e. The van der Waals surface area contributed by atoms with Gasteiger partial charge in [0, 0.05) is 6.92 Å². The second-order valence-electron chi connectivity index (χ2n) is 3.10. The molecular formula is C8H15N5O2. The number of aryl methyl sites for hydroxylation is 1. The Morgan fingerprint density at radius 3 is 2.93 bits per heavy atom. The standard InChI is InChI=1S/C8H15N5O2/c1-3-6(8(9)12-14)10-4-7-11-5(2)15-13-7/h6,10,14H,3-4H2,1-2H3,(H2,9,12). The molecule has 0 saturated carbocycles. The van der Waals surface area contributed by atoms with Gasteiger partial charge in [0.1, 0.15) is 0 Å². The summed E-state index contributed by atoms with van der Waals surface area (Å²) in [6, 6.07) is -0.186. The number of hydrogen-bond acceptors (Lipinski definition) is 6. The van der Waals surface area contributed by atoms with E-state index in [4.69, 9.17) is 15.5 Å². The van der Waals surface area contributed by atoms with Gasteiger partial charge in [-0.2, -0.15) is 4.98 Å². The van der Waals surface area contributed by atoms with Gasteiger partial charge >= 0.3 is 0 Å². The monoisotopic (exact) mass is 213 g/mol. The fourth-order valence-electron chi connectivity index (χ4n) is 1.16. The van der Waals surface area contributed by atoms with Crippen molar-refractivity contribution in [3.05, 3.63) is 11.7 Å². The molecule has 0 aliphatic heterocycles. The number of nitrogens with zero attached hydrogens (tertiary/aromatic N) is 3. The van der Waals surface area contributed by atoms with Crippen molar-refractivity contribution < 1.29 is 9.73 Å². The molecule has 0 amide bonds. The number of nitrogens with two attached hydrogens (primary N) is 1. The van der Waals surface area contributed by atoms with E-state index in [9.17, 15) is 0 Å². The molecule has 1 unspecified atom stereocenters. The Balaban J connectivity index is 2.48. The van der Waals surface area contributed by atoms with Crippen LogP contribution in [0.5, 0.6) is 0 Å². The fourth-order valence-corrected chi connectivity index (χ4v) is 1.16. The van der Waals surface area contributed by atoms with Gasteiger partial charge in [-0.05, 0) is 6.42 Å². The normalized spacial score (nSPS) is 14.1. The summed E-state index contributed by atoms with van der Waals surface area (Å²) in [7, 11) is 0. The molecule has 1 heterocycles. The lowest BCUT2D eigenvalue weighted by Gasteiger charge is -2.13. The van der Waals surface area contributed by atoms with Crippen LogP contribution in [0.4, 0.5) is 0 Å². The lowest BCUT2D eigenvalue weighted by molar-refractivity contribution is 0.314. The van der Waals surface area contributed by atoms with Crippen molar-refractivity contribution in [2.75, 3.05) is 0 Å². The van der Waals surface area contributed by atoms with Crippen molar-refractivity contribution in [1.82, 2.24) is 15.5 Å². The first kappa shape index (κ1) is 11.4. The quantitative estimate of drug-likeness (QED) is 0.275. The summed E-state index contributed by atoms with van der Waals surface area (Å²) >= 11 is 0. The molecule has 15 heavy (non-hydrogen) atoms. The van der Waals surface area contributed by atoms with E-state index in [1.807, 2.05) is 6.92 Å². The predicted molar refractivity (Wildman–Crippen MR) is 53.4 cm³/mol. The van der Waals surface area contributed by atoms with Gasteiger partial charge < -0.3 is 20.8 Å². The minimum atomic E-state index is -0.186. The molecule has 1 aromatic heterocycles. The first-order valence-electron chi connectivity index (χ1n) is 4.67. The van der Waals surface area contributed by atoms with E-state index in [0.29, 0.717) is 24.7 Å². The van der Waals surface area contributed by atoms with Gasteiger partial charge in [-0.1, -0.05) is 17.2 Å². The number of nitrogens with one attached hydrogen (secondary N) is 1. The third-order valence-electron chi connectivity index (χ3n) is 1.96. The van der Waals surface area contributed by atoms with Crippen LogP contribution in [-0.4, -0.2) is 27.2 Å². The summed E-state index contributed by atoms with van der Waals surface area (Å²) in [4.78, 5) is 4.02. The zero-order valence-corrected chi connectivity index (χ0v) is 8.77. The molecule has 0 fully saturated rings. The van der Waals surface area contributed by atoms with Crippen molar-refractivity contribution in [2.45, 2.75) is 32.9 Å². The number of aromatic nitrogens is 2. The van der Waals surface area contributed by atoms with Crippen LogP contribution in [-0.2, 0) is 6.54 Å². The van der Waals surface area contributed by atoms with Gasteiger partial charge in [0.25, 0.3) is 0 Å². The highest BCUT2D eigenvalue weighted by Gasteiger charge is 2.12. The van der Waals surface area contributed by atoms with Crippen LogP contribution >= 0.6 is 0 Å². The zero-order valence-electron chi connectivity index (χ0n) is 8.77. The Bertz CT molecular complexity index is 336. The van der Waals surface area contributed by atoms with Crippen LogP contribution in [0.1, 0.15) is 25.1 Å². The van der Waals surface area contributed by atoms with Crippen molar-refractivity contribution in [3.63, 3.8) is 0 Å². The summed E-state index contributed by atoms with van der Waals surface area (Å²) in [5.74, 6) is 1.22. The van der Waals surface area contributed by atoms with Gasteiger partial charge in [0.2, 0.25) is 5.89 Å². The maximum absolute atomic E-state index is 8.51. The van der Waals surface area contributed by atoms with Gasteiger partial charge in [-0.25, -0.2) is 0 Å². The van der Waals surface area contributed by atoms with E-state index in [0.717, 1.165) is 0 Å². The fraction of sp³-hybridized carbons (Fsp3) is 0.625. The summed E-state index contributed by atoms with van der Waals surface area (Å²) in [6.07, 6.45) is 0.715. The number of rotatable bonds is 5. The minimum absolute atomic E-state index is 0.151. The van der Waals surface area contributed by atoms with Crippen molar-refractivity contribution in [3.8, 4) is 0 Å². The lowest BCUT2D eigenvalue weighted by atomic mass is 10.2. The van der Waals surface area contributed by atoms with Gasteiger partial charge in [0.15, 0.2) is 11.7 Å². The number of amidine groups is 1. The Kier molecular flexibility index (Phi) is 4.04. The second-order valence-corrected chi connectivity index (χ2v) is 3.10. The Labute approximate surface area is 87.3 Å². The van der Waals surface area contributed by atoms with Gasteiger partial charge in [-0.3, -0.25) is 0 Å². The molecule has 0 aromatic carbocycles. The van der Waals surface area contributed by atoms with Gasteiger partial charge in [-0.15, -0.1) is 0 Å². The molecule has 1 rings (SSSR count). The molecule has 1 atom stereocenters. The largest absolute Gasteiger partial charge is 0.409 e. The highest BCUT2D eigenvalue weighted by Crippen LogP contribution is 1.97. The SMILES string of the molecule is CCC(NCc1noc(C)n1)C(N)=NO. The number of oxime groups is 1. The molecule has 0 bridgehead atoms. The molecule has 0 saturated heterocycles. The molecule has 0 aliphatic rings. The van der Waals surface area contributed by atoms with Crippen LogP contribution in [0.2, 0.25) is 0 Å². The van der Waals surface area contributed by atoms with Crippen molar-refractivity contribution in [2.24, 2.45) is 10.9 Å². The van der Waals surface area contributed by atoms with Gasteiger partial charge in [0.05, 0.1) is 12.6 Å². The highest BCUT2D eigenvalue weighted by atomic mass is 16.5. The average molecular weight is 213 g/mol. The summed E-state index contributed by atoms with van der Waals surface area (Å²) < 4.78 is 4.81. The Morgan fingerprint density at radius 2 is 2.47 bits per heavy atom.